The van der Waals surface area contributed by atoms with Crippen LogP contribution in [0.15, 0.2) is 0 Å². The Labute approximate surface area is 78.8 Å². The van der Waals surface area contributed by atoms with Crippen LogP contribution in [0.25, 0.3) is 0 Å². The fourth-order valence-electron chi connectivity index (χ4n) is 0.914. The van der Waals surface area contributed by atoms with Gasteiger partial charge in [0.2, 0.25) is 0 Å². The van der Waals surface area contributed by atoms with Gasteiger partial charge >= 0.3 is 5.97 Å². The van der Waals surface area contributed by atoms with Crippen molar-refractivity contribution >= 4 is 5.97 Å². The van der Waals surface area contributed by atoms with Crippen LogP contribution in [0.2, 0.25) is 0 Å². The van der Waals surface area contributed by atoms with Gasteiger partial charge in [0.15, 0.2) is 6.10 Å². The van der Waals surface area contributed by atoms with Gasteiger partial charge in [0.1, 0.15) is 0 Å². The second-order valence-corrected chi connectivity index (χ2v) is 3.00. The molecule has 3 atom stereocenters. The predicted octanol–water partition coefficient (Wildman–Crippen LogP) is 0.581. The number of aliphatic hydroxyl groups is 1. The van der Waals surface area contributed by atoms with E-state index in [2.05, 4.69) is 4.74 Å². The Hall–Kier alpha value is -0.610. The number of carbonyl (C=O) groups excluding carboxylic acids is 1. The third-order valence-corrected chi connectivity index (χ3v) is 2.14. The monoisotopic (exact) mass is 190 g/mol. The summed E-state index contributed by atoms with van der Waals surface area (Å²) in [5.41, 5.74) is 0. The second-order valence-electron chi connectivity index (χ2n) is 3.00. The second kappa shape index (κ2) is 5.94. The lowest BCUT2D eigenvalue weighted by Gasteiger charge is -2.22. The molecule has 78 valence electrons. The average Bonchev–Trinajstić information content (AvgIpc) is 2.14. The number of rotatable bonds is 5. The number of aliphatic hydroxyl groups excluding tert-OH is 1. The van der Waals surface area contributed by atoms with Crippen molar-refractivity contribution in [2.45, 2.75) is 33.0 Å². The molecule has 0 aromatic rings. The first kappa shape index (κ1) is 12.4. The van der Waals surface area contributed by atoms with Crippen molar-refractivity contribution in [3.8, 4) is 0 Å². The van der Waals surface area contributed by atoms with Gasteiger partial charge in [0.25, 0.3) is 0 Å². The standard InChI is InChI=1S/C9H18O4/c1-5-13-9(11)8(10)6(2)7(3)12-4/h6-8,10H,5H2,1-4H3. The summed E-state index contributed by atoms with van der Waals surface area (Å²) < 4.78 is 9.67. The Morgan fingerprint density at radius 1 is 1.46 bits per heavy atom. The van der Waals surface area contributed by atoms with Gasteiger partial charge < -0.3 is 14.6 Å². The maximum absolute atomic E-state index is 11.1. The fraction of sp³-hybridized carbons (Fsp3) is 0.889. The van der Waals surface area contributed by atoms with E-state index in [0.29, 0.717) is 0 Å². The molecule has 4 nitrogen and oxygen atoms in total. The van der Waals surface area contributed by atoms with E-state index in [-0.39, 0.29) is 18.6 Å². The van der Waals surface area contributed by atoms with Crippen LogP contribution in [-0.2, 0) is 14.3 Å². The molecular weight excluding hydrogens is 172 g/mol. The van der Waals surface area contributed by atoms with Gasteiger partial charge in [-0.3, -0.25) is 0 Å². The zero-order chi connectivity index (χ0) is 10.4. The molecule has 0 spiro atoms. The van der Waals surface area contributed by atoms with Gasteiger partial charge in [-0.25, -0.2) is 4.79 Å². The van der Waals surface area contributed by atoms with Crippen LogP contribution in [0.5, 0.6) is 0 Å². The minimum absolute atomic E-state index is 0.167. The zero-order valence-corrected chi connectivity index (χ0v) is 8.61. The summed E-state index contributed by atoms with van der Waals surface area (Å²) in [6.45, 7) is 5.53. The van der Waals surface area contributed by atoms with Gasteiger partial charge in [-0.2, -0.15) is 0 Å². The maximum atomic E-state index is 11.1. The van der Waals surface area contributed by atoms with Crippen molar-refractivity contribution in [3.63, 3.8) is 0 Å². The molecule has 0 aliphatic rings. The number of ether oxygens (including phenoxy) is 2. The Morgan fingerprint density at radius 2 is 2.00 bits per heavy atom. The van der Waals surface area contributed by atoms with Crippen molar-refractivity contribution in [1.29, 1.82) is 0 Å². The quantitative estimate of drug-likeness (QED) is 0.644. The lowest BCUT2D eigenvalue weighted by molar-refractivity contribution is -0.158. The topological polar surface area (TPSA) is 55.8 Å². The van der Waals surface area contributed by atoms with Gasteiger partial charge in [0, 0.05) is 13.0 Å². The molecule has 3 unspecified atom stereocenters. The first-order chi connectivity index (χ1) is 6.04. The van der Waals surface area contributed by atoms with E-state index in [1.54, 1.807) is 27.9 Å². The lowest BCUT2D eigenvalue weighted by Crippen LogP contribution is -2.36. The third-order valence-electron chi connectivity index (χ3n) is 2.14. The van der Waals surface area contributed by atoms with Gasteiger partial charge in [-0.15, -0.1) is 0 Å². The molecule has 0 amide bonds. The fourth-order valence-corrected chi connectivity index (χ4v) is 0.914. The Morgan fingerprint density at radius 3 is 2.38 bits per heavy atom. The van der Waals surface area contributed by atoms with Crippen LogP contribution in [0.1, 0.15) is 20.8 Å². The van der Waals surface area contributed by atoms with Gasteiger partial charge in [-0.05, 0) is 13.8 Å². The van der Waals surface area contributed by atoms with Crippen molar-refractivity contribution in [3.05, 3.63) is 0 Å². The minimum Gasteiger partial charge on any atom is -0.464 e. The molecule has 0 rings (SSSR count). The molecule has 0 aliphatic heterocycles. The van der Waals surface area contributed by atoms with E-state index in [9.17, 15) is 9.90 Å². The SMILES string of the molecule is CCOC(=O)C(O)C(C)C(C)OC. The number of hydrogen-bond donors (Lipinski definition) is 1. The van der Waals surface area contributed by atoms with Crippen LogP contribution in [0.4, 0.5) is 0 Å². The summed E-state index contributed by atoms with van der Waals surface area (Å²) in [4.78, 5) is 11.1. The first-order valence-corrected chi connectivity index (χ1v) is 4.42. The van der Waals surface area contributed by atoms with Crippen molar-refractivity contribution in [1.82, 2.24) is 0 Å². The molecule has 0 aromatic carbocycles. The van der Waals surface area contributed by atoms with E-state index < -0.39 is 12.1 Å². The van der Waals surface area contributed by atoms with E-state index in [4.69, 9.17) is 4.74 Å². The van der Waals surface area contributed by atoms with E-state index in [1.165, 1.54) is 0 Å². The highest BCUT2D eigenvalue weighted by atomic mass is 16.5. The smallest absolute Gasteiger partial charge is 0.335 e. The molecule has 0 bridgehead atoms. The maximum Gasteiger partial charge on any atom is 0.335 e. The summed E-state index contributed by atoms with van der Waals surface area (Å²) in [7, 11) is 1.54. The molecule has 0 fully saturated rings. The van der Waals surface area contributed by atoms with Crippen molar-refractivity contribution in [2.75, 3.05) is 13.7 Å². The number of carbonyl (C=O) groups is 1. The predicted molar refractivity (Wildman–Crippen MR) is 48.3 cm³/mol. The highest BCUT2D eigenvalue weighted by Gasteiger charge is 2.27. The summed E-state index contributed by atoms with van der Waals surface area (Å²) >= 11 is 0. The van der Waals surface area contributed by atoms with Crippen LogP contribution in [-0.4, -0.2) is 37.0 Å². The van der Waals surface area contributed by atoms with Gasteiger partial charge in [0.05, 0.1) is 12.7 Å². The zero-order valence-electron chi connectivity index (χ0n) is 8.61. The van der Waals surface area contributed by atoms with E-state index in [1.807, 2.05) is 0 Å². The molecule has 0 aliphatic carbocycles. The van der Waals surface area contributed by atoms with Crippen LogP contribution < -0.4 is 0 Å². The minimum atomic E-state index is -1.10. The van der Waals surface area contributed by atoms with Crippen LogP contribution in [0, 0.1) is 5.92 Å². The summed E-state index contributed by atoms with van der Waals surface area (Å²) in [5.74, 6) is -0.844. The summed E-state index contributed by atoms with van der Waals surface area (Å²) in [5, 5.41) is 9.46. The Balaban J connectivity index is 4.07. The number of hydrogen-bond acceptors (Lipinski definition) is 4. The molecule has 0 saturated carbocycles. The van der Waals surface area contributed by atoms with Crippen molar-refractivity contribution in [2.24, 2.45) is 5.92 Å². The highest BCUT2D eigenvalue weighted by molar-refractivity contribution is 5.74. The Bertz CT molecular complexity index is 158. The molecule has 4 heteroatoms. The highest BCUT2D eigenvalue weighted by Crippen LogP contribution is 2.12. The molecule has 13 heavy (non-hydrogen) atoms. The molecule has 1 N–H and O–H groups in total. The van der Waals surface area contributed by atoms with Crippen LogP contribution >= 0.6 is 0 Å². The summed E-state index contributed by atoms with van der Waals surface area (Å²) in [6, 6.07) is 0. The molecule has 0 aromatic heterocycles. The van der Waals surface area contributed by atoms with Crippen molar-refractivity contribution < 1.29 is 19.4 Å². The first-order valence-electron chi connectivity index (χ1n) is 4.42. The average molecular weight is 190 g/mol. The molecular formula is C9H18O4. The molecule has 0 saturated heterocycles. The number of esters is 1. The largest absolute Gasteiger partial charge is 0.464 e. The van der Waals surface area contributed by atoms with Crippen LogP contribution in [0.3, 0.4) is 0 Å². The number of methoxy groups -OCH3 is 1. The van der Waals surface area contributed by atoms with E-state index >= 15 is 0 Å². The molecule has 0 heterocycles. The Kier molecular flexibility index (Phi) is 5.66. The molecule has 0 radical (unpaired) electrons. The van der Waals surface area contributed by atoms with Gasteiger partial charge in [-0.1, -0.05) is 6.92 Å². The lowest BCUT2D eigenvalue weighted by atomic mass is 9.99. The normalized spacial score (nSPS) is 17.6. The summed E-state index contributed by atoms with van der Waals surface area (Å²) in [6.07, 6.45) is -1.27. The third kappa shape index (κ3) is 3.74. The van der Waals surface area contributed by atoms with E-state index in [0.717, 1.165) is 0 Å².